The summed E-state index contributed by atoms with van der Waals surface area (Å²) in [6.07, 6.45) is 1.63. The SMILES string of the molecule is Cn1cnc(CNc2cc(C#N)ccc2N)n1. The van der Waals surface area contributed by atoms with Crippen molar-refractivity contribution in [1.82, 2.24) is 14.8 Å². The standard InChI is InChI=1S/C11H12N6/c1-17-7-15-11(16-17)6-14-10-4-8(5-12)2-3-9(10)13/h2-4,7,14H,6,13H2,1H3. The van der Waals surface area contributed by atoms with Crippen LogP contribution in [0.15, 0.2) is 24.5 Å². The summed E-state index contributed by atoms with van der Waals surface area (Å²) in [4.78, 5) is 4.09. The first-order valence-corrected chi connectivity index (χ1v) is 5.07. The summed E-state index contributed by atoms with van der Waals surface area (Å²) in [5.74, 6) is 0.675. The van der Waals surface area contributed by atoms with Crippen LogP contribution in [-0.2, 0) is 13.6 Å². The number of aromatic nitrogens is 3. The molecule has 1 heterocycles. The molecule has 0 unspecified atom stereocenters. The smallest absolute Gasteiger partial charge is 0.169 e. The summed E-state index contributed by atoms with van der Waals surface area (Å²) < 4.78 is 1.63. The summed E-state index contributed by atoms with van der Waals surface area (Å²) in [6, 6.07) is 7.15. The predicted molar refractivity (Wildman–Crippen MR) is 63.9 cm³/mol. The highest BCUT2D eigenvalue weighted by molar-refractivity contribution is 5.68. The van der Waals surface area contributed by atoms with E-state index >= 15 is 0 Å². The fourth-order valence-electron chi connectivity index (χ4n) is 1.42. The Morgan fingerprint density at radius 3 is 3.00 bits per heavy atom. The van der Waals surface area contributed by atoms with Crippen molar-refractivity contribution < 1.29 is 0 Å². The van der Waals surface area contributed by atoms with Gasteiger partial charge in [0.2, 0.25) is 0 Å². The third-order valence-electron chi connectivity index (χ3n) is 2.27. The molecule has 0 radical (unpaired) electrons. The van der Waals surface area contributed by atoms with Crippen LogP contribution in [0, 0.1) is 11.3 Å². The number of nitrogen functional groups attached to an aromatic ring is 1. The van der Waals surface area contributed by atoms with Gasteiger partial charge in [-0.15, -0.1) is 0 Å². The van der Waals surface area contributed by atoms with Crippen molar-refractivity contribution in [2.75, 3.05) is 11.1 Å². The highest BCUT2D eigenvalue weighted by Crippen LogP contribution is 2.19. The van der Waals surface area contributed by atoms with Crippen LogP contribution in [0.3, 0.4) is 0 Å². The average molecular weight is 228 g/mol. The zero-order valence-corrected chi connectivity index (χ0v) is 9.38. The van der Waals surface area contributed by atoms with Gasteiger partial charge in [0.1, 0.15) is 6.33 Å². The van der Waals surface area contributed by atoms with Crippen LogP contribution in [0.25, 0.3) is 0 Å². The van der Waals surface area contributed by atoms with Crippen molar-refractivity contribution in [2.24, 2.45) is 7.05 Å². The van der Waals surface area contributed by atoms with Crippen LogP contribution in [0.2, 0.25) is 0 Å². The molecule has 17 heavy (non-hydrogen) atoms. The summed E-state index contributed by atoms with van der Waals surface area (Å²) >= 11 is 0. The maximum absolute atomic E-state index is 8.79. The van der Waals surface area contributed by atoms with Gasteiger partial charge in [-0.1, -0.05) is 0 Å². The third-order valence-corrected chi connectivity index (χ3v) is 2.27. The lowest BCUT2D eigenvalue weighted by Crippen LogP contribution is -2.04. The Morgan fingerprint density at radius 1 is 1.53 bits per heavy atom. The summed E-state index contributed by atoms with van der Waals surface area (Å²) in [5, 5.41) is 16.0. The second-order valence-corrected chi connectivity index (χ2v) is 3.60. The minimum Gasteiger partial charge on any atom is -0.397 e. The number of benzene rings is 1. The van der Waals surface area contributed by atoms with E-state index in [4.69, 9.17) is 11.0 Å². The first-order valence-electron chi connectivity index (χ1n) is 5.07. The highest BCUT2D eigenvalue weighted by Gasteiger charge is 2.03. The van der Waals surface area contributed by atoms with E-state index in [9.17, 15) is 0 Å². The Labute approximate surface area is 98.7 Å². The predicted octanol–water partition coefficient (Wildman–Crippen LogP) is 0.881. The molecule has 0 saturated carbocycles. The zero-order valence-electron chi connectivity index (χ0n) is 9.38. The number of aryl methyl sites for hydroxylation is 1. The molecule has 1 aromatic carbocycles. The van der Waals surface area contributed by atoms with Crippen molar-refractivity contribution in [3.05, 3.63) is 35.9 Å². The third kappa shape index (κ3) is 2.52. The molecule has 0 aliphatic carbocycles. The molecule has 1 aromatic heterocycles. The number of nitrogens with one attached hydrogen (secondary N) is 1. The van der Waals surface area contributed by atoms with Crippen LogP contribution >= 0.6 is 0 Å². The minimum absolute atomic E-state index is 0.472. The van der Waals surface area contributed by atoms with Crippen molar-refractivity contribution in [3.63, 3.8) is 0 Å². The van der Waals surface area contributed by atoms with Gasteiger partial charge in [0, 0.05) is 7.05 Å². The number of hydrogen-bond donors (Lipinski definition) is 2. The van der Waals surface area contributed by atoms with E-state index in [0.29, 0.717) is 23.6 Å². The van der Waals surface area contributed by atoms with Crippen LogP contribution in [0.1, 0.15) is 11.4 Å². The molecule has 0 amide bonds. The van der Waals surface area contributed by atoms with E-state index in [1.807, 2.05) is 0 Å². The maximum atomic E-state index is 8.79. The molecule has 0 bridgehead atoms. The fraction of sp³-hybridized carbons (Fsp3) is 0.182. The zero-order chi connectivity index (χ0) is 12.3. The summed E-state index contributed by atoms with van der Waals surface area (Å²) in [5.41, 5.74) is 7.68. The molecule has 0 saturated heterocycles. The van der Waals surface area contributed by atoms with E-state index in [1.165, 1.54) is 0 Å². The van der Waals surface area contributed by atoms with Gasteiger partial charge in [-0.3, -0.25) is 4.68 Å². The lowest BCUT2D eigenvalue weighted by Gasteiger charge is -2.07. The largest absolute Gasteiger partial charge is 0.397 e. The molecule has 0 atom stereocenters. The van der Waals surface area contributed by atoms with Crippen molar-refractivity contribution in [1.29, 1.82) is 5.26 Å². The topological polar surface area (TPSA) is 92.5 Å². The van der Waals surface area contributed by atoms with E-state index in [1.54, 1.807) is 36.3 Å². The van der Waals surface area contributed by atoms with Gasteiger partial charge in [-0.05, 0) is 18.2 Å². The lowest BCUT2D eigenvalue weighted by molar-refractivity contribution is 0.747. The molecule has 6 heteroatoms. The number of hydrogen-bond acceptors (Lipinski definition) is 5. The second kappa shape index (κ2) is 4.53. The highest BCUT2D eigenvalue weighted by atomic mass is 15.3. The van der Waals surface area contributed by atoms with Crippen LogP contribution < -0.4 is 11.1 Å². The molecule has 0 spiro atoms. The van der Waals surface area contributed by atoms with Gasteiger partial charge in [-0.25, -0.2) is 4.98 Å². The van der Waals surface area contributed by atoms with Crippen LogP contribution in [0.5, 0.6) is 0 Å². The first-order chi connectivity index (χ1) is 8.19. The molecule has 0 aliphatic rings. The van der Waals surface area contributed by atoms with Crippen LogP contribution in [0.4, 0.5) is 11.4 Å². The van der Waals surface area contributed by atoms with Crippen molar-refractivity contribution in [3.8, 4) is 6.07 Å². The molecular weight excluding hydrogens is 216 g/mol. The summed E-state index contributed by atoms with van der Waals surface area (Å²) in [6.45, 7) is 0.472. The Morgan fingerprint density at radius 2 is 2.35 bits per heavy atom. The van der Waals surface area contributed by atoms with Gasteiger partial charge in [0.05, 0.1) is 29.6 Å². The van der Waals surface area contributed by atoms with Crippen molar-refractivity contribution >= 4 is 11.4 Å². The molecule has 0 aliphatic heterocycles. The Balaban J connectivity index is 2.11. The van der Waals surface area contributed by atoms with Crippen LogP contribution in [-0.4, -0.2) is 14.8 Å². The second-order valence-electron chi connectivity index (χ2n) is 3.60. The minimum atomic E-state index is 0.472. The number of nitrogens with zero attached hydrogens (tertiary/aromatic N) is 4. The molecule has 2 aromatic rings. The normalized spacial score (nSPS) is 9.88. The quantitative estimate of drug-likeness (QED) is 0.761. The molecule has 6 nitrogen and oxygen atoms in total. The Bertz CT molecular complexity index is 566. The lowest BCUT2D eigenvalue weighted by atomic mass is 10.2. The van der Waals surface area contributed by atoms with E-state index in [0.717, 1.165) is 5.69 Å². The van der Waals surface area contributed by atoms with Crippen molar-refractivity contribution in [2.45, 2.75) is 6.54 Å². The molecule has 86 valence electrons. The molecule has 2 rings (SSSR count). The molecule has 3 N–H and O–H groups in total. The summed E-state index contributed by atoms with van der Waals surface area (Å²) in [7, 11) is 1.81. The monoisotopic (exact) mass is 228 g/mol. The van der Waals surface area contributed by atoms with E-state index < -0.39 is 0 Å². The van der Waals surface area contributed by atoms with Gasteiger partial charge >= 0.3 is 0 Å². The van der Waals surface area contributed by atoms with Gasteiger partial charge in [0.15, 0.2) is 5.82 Å². The van der Waals surface area contributed by atoms with E-state index in [2.05, 4.69) is 21.5 Å². The Hall–Kier alpha value is -2.55. The van der Waals surface area contributed by atoms with E-state index in [-0.39, 0.29) is 0 Å². The Kier molecular flexibility index (Phi) is 2.92. The van der Waals surface area contributed by atoms with Gasteiger partial charge in [0.25, 0.3) is 0 Å². The fourth-order valence-corrected chi connectivity index (χ4v) is 1.42. The number of nitrogens with two attached hydrogens (primary N) is 1. The first kappa shape index (κ1) is 11.0. The van der Waals surface area contributed by atoms with Gasteiger partial charge < -0.3 is 11.1 Å². The molecule has 0 fully saturated rings. The average Bonchev–Trinajstić information content (AvgIpc) is 2.74. The number of anilines is 2. The number of nitriles is 1. The maximum Gasteiger partial charge on any atom is 0.169 e. The van der Waals surface area contributed by atoms with Gasteiger partial charge in [-0.2, -0.15) is 10.4 Å². The molecular formula is C11H12N6. The number of rotatable bonds is 3.